The van der Waals surface area contributed by atoms with E-state index in [0.717, 1.165) is 22.9 Å². The summed E-state index contributed by atoms with van der Waals surface area (Å²) in [5, 5.41) is 9.66. The summed E-state index contributed by atoms with van der Waals surface area (Å²) in [6.45, 7) is 5.38. The Morgan fingerprint density at radius 2 is 2.29 bits per heavy atom. The van der Waals surface area contributed by atoms with Crippen LogP contribution in [0.25, 0.3) is 11.2 Å². The van der Waals surface area contributed by atoms with Gasteiger partial charge in [-0.15, -0.1) is 0 Å². The minimum atomic E-state index is -0.823. The van der Waals surface area contributed by atoms with Gasteiger partial charge in [-0.3, -0.25) is 4.79 Å². The number of carboxylic acid groups (broad SMARTS) is 1. The Bertz CT molecular complexity index is 677. The number of fused-ring (bicyclic) bond motifs is 1. The quantitative estimate of drug-likeness (QED) is 0.831. The third-order valence-electron chi connectivity index (χ3n) is 4.38. The highest BCUT2D eigenvalue weighted by Gasteiger charge is 2.46. The van der Waals surface area contributed by atoms with Crippen molar-refractivity contribution in [2.45, 2.75) is 38.4 Å². The predicted molar refractivity (Wildman–Crippen MR) is 82.4 cm³/mol. The lowest BCUT2D eigenvalue weighted by Gasteiger charge is -2.21. The normalized spacial score (nSPS) is 16.5. The molecule has 0 atom stereocenters. The van der Waals surface area contributed by atoms with E-state index in [1.807, 2.05) is 12.1 Å². The Hall–Kier alpha value is -1.56. The number of imidazole rings is 1. The van der Waals surface area contributed by atoms with Crippen molar-refractivity contribution >= 4 is 28.9 Å². The number of rotatable bonds is 6. The van der Waals surface area contributed by atoms with E-state index in [1.54, 1.807) is 6.20 Å². The van der Waals surface area contributed by atoms with Gasteiger partial charge >= 0.3 is 5.97 Å². The van der Waals surface area contributed by atoms with Gasteiger partial charge in [0.2, 0.25) is 0 Å². The first-order chi connectivity index (χ1) is 10.0. The number of carboxylic acids is 1. The van der Waals surface area contributed by atoms with Crippen LogP contribution in [-0.4, -0.2) is 31.4 Å². The molecule has 0 spiro atoms. The van der Waals surface area contributed by atoms with Crippen molar-refractivity contribution in [3.63, 3.8) is 0 Å². The van der Waals surface area contributed by atoms with Gasteiger partial charge in [0.05, 0.1) is 5.75 Å². The van der Waals surface area contributed by atoms with Crippen LogP contribution in [-0.2, 0) is 11.3 Å². The molecule has 0 amide bonds. The molecule has 6 heteroatoms. The van der Waals surface area contributed by atoms with Crippen molar-refractivity contribution in [3.05, 3.63) is 18.3 Å². The summed E-state index contributed by atoms with van der Waals surface area (Å²) >= 11 is 1.27. The van der Waals surface area contributed by atoms with Crippen LogP contribution in [0.3, 0.4) is 0 Å². The molecule has 0 bridgehead atoms. The zero-order chi connectivity index (χ0) is 15.0. The average Bonchev–Trinajstić information content (AvgIpc) is 3.15. The molecule has 0 unspecified atom stereocenters. The minimum absolute atomic E-state index is 0.0258. The molecule has 1 saturated carbocycles. The molecule has 1 aliphatic carbocycles. The van der Waals surface area contributed by atoms with E-state index < -0.39 is 5.97 Å². The van der Waals surface area contributed by atoms with Gasteiger partial charge in [0.25, 0.3) is 0 Å². The van der Waals surface area contributed by atoms with Crippen molar-refractivity contribution in [1.29, 1.82) is 0 Å². The van der Waals surface area contributed by atoms with Crippen LogP contribution >= 0.6 is 11.8 Å². The highest BCUT2D eigenvalue weighted by molar-refractivity contribution is 7.99. The fourth-order valence-electron chi connectivity index (χ4n) is 2.71. The first kappa shape index (κ1) is 14.4. The number of hydrogen-bond acceptors (Lipinski definition) is 4. The van der Waals surface area contributed by atoms with Crippen LogP contribution in [0.15, 0.2) is 23.5 Å². The Kier molecular flexibility index (Phi) is 3.65. The lowest BCUT2D eigenvalue weighted by atomic mass is 9.92. The zero-order valence-corrected chi connectivity index (χ0v) is 13.1. The molecule has 1 aliphatic rings. The molecule has 2 aromatic heterocycles. The fourth-order valence-corrected chi connectivity index (χ4v) is 3.43. The van der Waals surface area contributed by atoms with Gasteiger partial charge in [-0.05, 0) is 36.3 Å². The Labute approximate surface area is 127 Å². The van der Waals surface area contributed by atoms with E-state index in [-0.39, 0.29) is 5.75 Å². The molecular formula is C15H19N3O2S. The molecule has 112 valence electrons. The number of aromatic nitrogens is 3. The topological polar surface area (TPSA) is 68.0 Å². The van der Waals surface area contributed by atoms with E-state index >= 15 is 0 Å². The van der Waals surface area contributed by atoms with E-state index in [0.29, 0.717) is 11.3 Å². The van der Waals surface area contributed by atoms with Gasteiger partial charge in [-0.1, -0.05) is 25.6 Å². The van der Waals surface area contributed by atoms with E-state index in [4.69, 9.17) is 5.11 Å². The molecule has 2 aromatic rings. The average molecular weight is 305 g/mol. The summed E-state index contributed by atoms with van der Waals surface area (Å²) < 4.78 is 2.11. The number of nitrogens with zero attached hydrogens (tertiary/aromatic N) is 3. The Balaban J connectivity index is 1.97. The standard InChI is InChI=1S/C15H19N3O2S/c1-10(2)15(5-6-15)9-18-13-11(4-3-7-16-13)17-14(18)21-8-12(19)20/h3-4,7,10H,5-6,8-9H2,1-2H3,(H,19,20). The lowest BCUT2D eigenvalue weighted by Crippen LogP contribution is -2.18. The first-order valence-corrected chi connectivity index (χ1v) is 8.16. The van der Waals surface area contributed by atoms with Crippen molar-refractivity contribution in [2.75, 3.05) is 5.75 Å². The SMILES string of the molecule is CC(C)C1(Cn2c(SCC(=O)O)nc3cccnc32)CC1. The smallest absolute Gasteiger partial charge is 0.313 e. The number of aliphatic carboxylic acids is 1. The molecule has 1 N–H and O–H groups in total. The van der Waals surface area contributed by atoms with Gasteiger partial charge in [-0.25, -0.2) is 9.97 Å². The molecule has 1 fully saturated rings. The largest absolute Gasteiger partial charge is 0.481 e. The van der Waals surface area contributed by atoms with Crippen molar-refractivity contribution in [3.8, 4) is 0 Å². The summed E-state index contributed by atoms with van der Waals surface area (Å²) in [5.41, 5.74) is 2.02. The highest BCUT2D eigenvalue weighted by atomic mass is 32.2. The molecule has 3 rings (SSSR count). The summed E-state index contributed by atoms with van der Waals surface area (Å²) in [6.07, 6.45) is 4.21. The molecule has 0 aromatic carbocycles. The third-order valence-corrected chi connectivity index (χ3v) is 5.34. The number of hydrogen-bond donors (Lipinski definition) is 1. The van der Waals surface area contributed by atoms with Crippen molar-refractivity contribution in [2.24, 2.45) is 11.3 Å². The van der Waals surface area contributed by atoms with Gasteiger partial charge < -0.3 is 9.67 Å². The van der Waals surface area contributed by atoms with Gasteiger partial charge in [0.1, 0.15) is 5.52 Å². The third kappa shape index (κ3) is 2.77. The second kappa shape index (κ2) is 5.33. The van der Waals surface area contributed by atoms with Gasteiger partial charge in [-0.2, -0.15) is 0 Å². The maximum Gasteiger partial charge on any atom is 0.313 e. The zero-order valence-electron chi connectivity index (χ0n) is 12.2. The predicted octanol–water partition coefficient (Wildman–Crippen LogP) is 3.04. The molecule has 0 saturated heterocycles. The molecule has 0 aliphatic heterocycles. The van der Waals surface area contributed by atoms with Crippen LogP contribution in [0.4, 0.5) is 0 Å². The van der Waals surface area contributed by atoms with E-state index in [2.05, 4.69) is 28.4 Å². The van der Waals surface area contributed by atoms with Crippen LogP contribution in [0.1, 0.15) is 26.7 Å². The lowest BCUT2D eigenvalue weighted by molar-refractivity contribution is -0.133. The van der Waals surface area contributed by atoms with Crippen LogP contribution in [0.5, 0.6) is 0 Å². The Morgan fingerprint density at radius 1 is 1.52 bits per heavy atom. The molecule has 21 heavy (non-hydrogen) atoms. The first-order valence-electron chi connectivity index (χ1n) is 7.18. The number of thioether (sulfide) groups is 1. The summed E-state index contributed by atoms with van der Waals surface area (Å²) in [5.74, 6) is -0.189. The molecule has 2 heterocycles. The highest BCUT2D eigenvalue weighted by Crippen LogP contribution is 2.53. The van der Waals surface area contributed by atoms with Gasteiger partial charge in [0.15, 0.2) is 10.8 Å². The second-order valence-electron chi connectivity index (χ2n) is 6.03. The van der Waals surface area contributed by atoms with Crippen molar-refractivity contribution in [1.82, 2.24) is 14.5 Å². The molecular weight excluding hydrogens is 286 g/mol. The summed E-state index contributed by atoms with van der Waals surface area (Å²) in [6, 6.07) is 3.79. The van der Waals surface area contributed by atoms with Gasteiger partial charge in [0, 0.05) is 12.7 Å². The Morgan fingerprint density at radius 3 is 2.90 bits per heavy atom. The van der Waals surface area contributed by atoms with Crippen LogP contribution in [0, 0.1) is 11.3 Å². The minimum Gasteiger partial charge on any atom is -0.481 e. The number of pyridine rings is 1. The maximum absolute atomic E-state index is 10.8. The molecule has 5 nitrogen and oxygen atoms in total. The second-order valence-corrected chi connectivity index (χ2v) is 6.97. The van der Waals surface area contributed by atoms with E-state index in [9.17, 15) is 4.79 Å². The fraction of sp³-hybridized carbons (Fsp3) is 0.533. The monoisotopic (exact) mass is 305 g/mol. The number of carbonyl (C=O) groups is 1. The van der Waals surface area contributed by atoms with Crippen LogP contribution < -0.4 is 0 Å². The summed E-state index contributed by atoms with van der Waals surface area (Å²) in [7, 11) is 0. The van der Waals surface area contributed by atoms with Crippen molar-refractivity contribution < 1.29 is 9.90 Å². The summed E-state index contributed by atoms with van der Waals surface area (Å²) in [4.78, 5) is 19.8. The van der Waals surface area contributed by atoms with E-state index in [1.165, 1.54) is 24.6 Å². The van der Waals surface area contributed by atoms with Crippen LogP contribution in [0.2, 0.25) is 0 Å². The molecule has 0 radical (unpaired) electrons. The maximum atomic E-state index is 10.8.